The summed E-state index contributed by atoms with van der Waals surface area (Å²) in [5.41, 5.74) is 0. The molecular weight excluding hydrogens is 294 g/mol. The van der Waals surface area contributed by atoms with Crippen LogP contribution in [0.25, 0.3) is 0 Å². The zero-order chi connectivity index (χ0) is 13.8. The summed E-state index contributed by atoms with van der Waals surface area (Å²) in [5, 5.41) is 0. The first kappa shape index (κ1) is 15.6. The van der Waals surface area contributed by atoms with Gasteiger partial charge in [-0.25, -0.2) is 8.42 Å². The van der Waals surface area contributed by atoms with Gasteiger partial charge in [0.2, 0.25) is 0 Å². The smallest absolute Gasteiger partial charge is 0.250 e. The Balaban J connectivity index is 2.90. The molecular formula is C11H16ClNO3S2. The number of rotatable bonds is 7. The van der Waals surface area contributed by atoms with E-state index in [4.69, 9.17) is 11.6 Å². The van der Waals surface area contributed by atoms with Crippen LogP contribution in [0.3, 0.4) is 0 Å². The van der Waals surface area contributed by atoms with Crippen molar-refractivity contribution in [3.05, 3.63) is 16.5 Å². The van der Waals surface area contributed by atoms with E-state index in [0.717, 1.165) is 24.2 Å². The predicted octanol–water partition coefficient (Wildman–Crippen LogP) is 2.68. The molecule has 102 valence electrons. The van der Waals surface area contributed by atoms with Crippen molar-refractivity contribution in [3.63, 3.8) is 0 Å². The van der Waals surface area contributed by atoms with E-state index in [0.29, 0.717) is 10.6 Å². The van der Waals surface area contributed by atoms with Gasteiger partial charge < -0.3 is 4.79 Å². The molecule has 0 aromatic carbocycles. The summed E-state index contributed by atoms with van der Waals surface area (Å²) in [7, 11) is -3.66. The second-order valence-corrected chi connectivity index (χ2v) is 7.57. The zero-order valence-electron chi connectivity index (χ0n) is 10.2. The van der Waals surface area contributed by atoms with Crippen molar-refractivity contribution in [2.45, 2.75) is 36.9 Å². The van der Waals surface area contributed by atoms with Crippen LogP contribution in [0.15, 0.2) is 16.3 Å². The first-order chi connectivity index (χ1) is 8.44. The maximum absolute atomic E-state index is 12.0. The van der Waals surface area contributed by atoms with Crippen LogP contribution >= 0.6 is 22.9 Å². The lowest BCUT2D eigenvalue weighted by atomic mass is 9.96. The summed E-state index contributed by atoms with van der Waals surface area (Å²) in [6, 6.07) is 2.27. The van der Waals surface area contributed by atoms with Crippen molar-refractivity contribution >= 4 is 39.2 Å². The van der Waals surface area contributed by atoms with Crippen molar-refractivity contribution in [2.24, 2.45) is 5.92 Å². The molecule has 0 amide bonds. The lowest BCUT2D eigenvalue weighted by molar-refractivity contribution is -0.110. The van der Waals surface area contributed by atoms with E-state index in [1.54, 1.807) is 0 Å². The van der Waals surface area contributed by atoms with Gasteiger partial charge in [-0.3, -0.25) is 0 Å². The molecule has 0 radical (unpaired) electrons. The van der Waals surface area contributed by atoms with Gasteiger partial charge in [0.1, 0.15) is 10.5 Å². The topological polar surface area (TPSA) is 63.2 Å². The minimum atomic E-state index is -3.66. The number of carbonyl (C=O) groups excluding carboxylic acids is 1. The van der Waals surface area contributed by atoms with E-state index in [1.165, 1.54) is 12.1 Å². The molecule has 0 saturated carbocycles. The number of carbonyl (C=O) groups is 1. The lowest BCUT2D eigenvalue weighted by Gasteiger charge is -2.20. The molecule has 4 nitrogen and oxygen atoms in total. The van der Waals surface area contributed by atoms with Crippen LogP contribution in [0.1, 0.15) is 26.7 Å². The third-order valence-electron chi connectivity index (χ3n) is 2.81. The van der Waals surface area contributed by atoms with E-state index in [9.17, 15) is 13.2 Å². The average Bonchev–Trinajstić information content (AvgIpc) is 2.76. The Hall–Kier alpha value is -0.430. The molecule has 1 unspecified atom stereocenters. The Morgan fingerprint density at radius 2 is 2.00 bits per heavy atom. The molecule has 0 spiro atoms. The van der Waals surface area contributed by atoms with E-state index in [1.807, 2.05) is 13.8 Å². The Kier molecular flexibility index (Phi) is 5.78. The van der Waals surface area contributed by atoms with Gasteiger partial charge in [0.25, 0.3) is 10.0 Å². The van der Waals surface area contributed by atoms with Crippen molar-refractivity contribution in [1.29, 1.82) is 0 Å². The largest absolute Gasteiger partial charge is 0.302 e. The molecule has 1 aromatic rings. The highest BCUT2D eigenvalue weighted by Gasteiger charge is 2.25. The maximum atomic E-state index is 12.0. The van der Waals surface area contributed by atoms with Gasteiger partial charge in [-0.05, 0) is 18.1 Å². The molecule has 0 fully saturated rings. The first-order valence-electron chi connectivity index (χ1n) is 5.67. The van der Waals surface area contributed by atoms with Crippen LogP contribution in [-0.2, 0) is 14.8 Å². The number of sulfonamides is 1. The molecule has 0 saturated heterocycles. The molecule has 1 atom stereocenters. The summed E-state index contributed by atoms with van der Waals surface area (Å²) in [6.07, 6.45) is 2.14. The molecule has 0 aliphatic rings. The number of hydrogen-bond donors (Lipinski definition) is 1. The average molecular weight is 310 g/mol. The molecule has 0 bridgehead atoms. The Bertz CT molecular complexity index is 494. The van der Waals surface area contributed by atoms with Crippen LogP contribution in [0.2, 0.25) is 4.34 Å². The number of aldehydes is 1. The molecule has 7 heteroatoms. The van der Waals surface area contributed by atoms with Crippen molar-refractivity contribution in [2.75, 3.05) is 0 Å². The van der Waals surface area contributed by atoms with Gasteiger partial charge in [0.15, 0.2) is 0 Å². The van der Waals surface area contributed by atoms with Gasteiger partial charge in [-0.2, -0.15) is 4.72 Å². The van der Waals surface area contributed by atoms with Crippen molar-refractivity contribution in [3.8, 4) is 0 Å². The Labute approximate surface area is 116 Å². The summed E-state index contributed by atoms with van der Waals surface area (Å²) >= 11 is 6.68. The van der Waals surface area contributed by atoms with Crippen LogP contribution in [0, 0.1) is 5.92 Å². The Morgan fingerprint density at radius 1 is 1.39 bits per heavy atom. The van der Waals surface area contributed by atoms with E-state index in [-0.39, 0.29) is 10.1 Å². The molecule has 0 aliphatic heterocycles. The summed E-state index contributed by atoms with van der Waals surface area (Å²) in [4.78, 5) is 11.0. The molecule has 1 aromatic heterocycles. The summed E-state index contributed by atoms with van der Waals surface area (Å²) in [5.74, 6) is 0.00714. The number of thiophene rings is 1. The SMILES string of the molecule is CCC(CC)C(C=O)NS(=O)(=O)c1ccc(Cl)s1. The monoisotopic (exact) mass is 309 g/mol. The molecule has 1 N–H and O–H groups in total. The zero-order valence-corrected chi connectivity index (χ0v) is 12.6. The normalized spacial score (nSPS) is 13.8. The van der Waals surface area contributed by atoms with Gasteiger partial charge >= 0.3 is 0 Å². The fourth-order valence-corrected chi connectivity index (χ4v) is 4.45. The van der Waals surface area contributed by atoms with E-state index in [2.05, 4.69) is 4.72 Å². The van der Waals surface area contributed by atoms with Crippen LogP contribution in [0.4, 0.5) is 0 Å². The number of halogens is 1. The van der Waals surface area contributed by atoms with Crippen LogP contribution < -0.4 is 4.72 Å². The van der Waals surface area contributed by atoms with Crippen molar-refractivity contribution < 1.29 is 13.2 Å². The third kappa shape index (κ3) is 3.78. The molecule has 1 heterocycles. The van der Waals surface area contributed by atoms with Crippen molar-refractivity contribution in [1.82, 2.24) is 4.72 Å². The number of nitrogens with one attached hydrogen (secondary N) is 1. The minimum absolute atomic E-state index is 0.00714. The third-order valence-corrected chi connectivity index (χ3v) is 5.99. The summed E-state index contributed by atoms with van der Waals surface area (Å²) in [6.45, 7) is 3.86. The highest BCUT2D eigenvalue weighted by molar-refractivity contribution is 7.91. The lowest BCUT2D eigenvalue weighted by Crippen LogP contribution is -2.40. The summed E-state index contributed by atoms with van der Waals surface area (Å²) < 4.78 is 27.0. The fourth-order valence-electron chi connectivity index (χ4n) is 1.71. The molecule has 0 aliphatic carbocycles. The maximum Gasteiger partial charge on any atom is 0.250 e. The highest BCUT2D eigenvalue weighted by Crippen LogP contribution is 2.26. The fraction of sp³-hybridized carbons (Fsp3) is 0.545. The van der Waals surface area contributed by atoms with Crippen LogP contribution in [0.5, 0.6) is 0 Å². The molecule has 18 heavy (non-hydrogen) atoms. The Morgan fingerprint density at radius 3 is 2.39 bits per heavy atom. The van der Waals surface area contributed by atoms with Gasteiger partial charge in [-0.1, -0.05) is 38.3 Å². The van der Waals surface area contributed by atoms with E-state index >= 15 is 0 Å². The molecule has 1 rings (SSSR count). The standard InChI is InChI=1S/C11H16ClNO3S2/c1-3-8(4-2)9(7-14)13-18(15,16)11-6-5-10(12)17-11/h5-9,13H,3-4H2,1-2H3. The second kappa shape index (κ2) is 6.65. The predicted molar refractivity (Wildman–Crippen MR) is 73.6 cm³/mol. The van der Waals surface area contributed by atoms with Gasteiger partial charge in [-0.15, -0.1) is 11.3 Å². The first-order valence-corrected chi connectivity index (χ1v) is 8.35. The van der Waals surface area contributed by atoms with Gasteiger partial charge in [0.05, 0.1) is 10.4 Å². The minimum Gasteiger partial charge on any atom is -0.302 e. The second-order valence-electron chi connectivity index (χ2n) is 3.92. The van der Waals surface area contributed by atoms with Crippen LogP contribution in [-0.4, -0.2) is 20.7 Å². The van der Waals surface area contributed by atoms with E-state index < -0.39 is 16.1 Å². The highest BCUT2D eigenvalue weighted by atomic mass is 35.5. The quantitative estimate of drug-likeness (QED) is 0.788. The number of hydrogen-bond acceptors (Lipinski definition) is 4. The van der Waals surface area contributed by atoms with Gasteiger partial charge in [0, 0.05) is 0 Å².